The van der Waals surface area contributed by atoms with Crippen LogP contribution < -0.4 is 10.0 Å². The van der Waals surface area contributed by atoms with Crippen LogP contribution in [0.4, 0.5) is 19.0 Å². The van der Waals surface area contributed by atoms with Gasteiger partial charge in [-0.05, 0) is 50.3 Å². The molecule has 1 unspecified atom stereocenters. The molecule has 43 heavy (non-hydrogen) atoms. The third-order valence-electron chi connectivity index (χ3n) is 6.68. The van der Waals surface area contributed by atoms with E-state index in [2.05, 4.69) is 19.7 Å². The topological polar surface area (TPSA) is 128 Å². The predicted octanol–water partition coefficient (Wildman–Crippen LogP) is 7.48. The summed E-state index contributed by atoms with van der Waals surface area (Å²) in [5.41, 5.74) is 1.38. The summed E-state index contributed by atoms with van der Waals surface area (Å²) >= 11 is 0. The first-order valence-electron chi connectivity index (χ1n) is 13.9. The van der Waals surface area contributed by atoms with Crippen LogP contribution in [0.15, 0.2) is 57.9 Å². The first kappa shape index (κ1) is 33.9. The van der Waals surface area contributed by atoms with Crippen LogP contribution in [-0.2, 0) is 22.3 Å². The third-order valence-corrected chi connectivity index (χ3v) is 8.13. The average molecular weight is 625 g/mol. The number of hydrogen-bond acceptors (Lipinski definition) is 7. The molecule has 1 heterocycles. The lowest BCUT2D eigenvalue weighted by molar-refractivity contribution is -0.156. The second-order valence-corrected chi connectivity index (χ2v) is 12.7. The molecule has 0 aliphatic heterocycles. The van der Waals surface area contributed by atoms with E-state index in [1.807, 2.05) is 34.6 Å². The SMILES string of the molecule is CCCC(=O)N(Cc1ccc(-c2ccccc2S(O)(O)Nc2noc(C(F)(F)F)c2C)cc1)C(C(=O)NC(C)C)C(C)C. The smallest absolute Gasteiger partial charge is 0.352 e. The van der Waals surface area contributed by atoms with E-state index in [0.29, 0.717) is 24.0 Å². The Morgan fingerprint density at radius 2 is 1.67 bits per heavy atom. The van der Waals surface area contributed by atoms with Gasteiger partial charge in [-0.15, -0.1) is 0 Å². The second-order valence-electron chi connectivity index (χ2n) is 11.0. The Kier molecular flexibility index (Phi) is 10.9. The molecule has 1 aromatic heterocycles. The van der Waals surface area contributed by atoms with Crippen LogP contribution >= 0.6 is 10.8 Å². The molecule has 0 aliphatic rings. The standard InChI is InChI=1S/C30H39F3N4O5S/c1-7-10-25(38)37(26(18(2)3)29(39)34-19(4)5)17-21-13-15-22(16-14-21)23-11-8-9-12-24(23)43(40,41)36-28-20(6)27(42-35-28)30(31,32)33/h8-9,11-16,18-19,26,40-41H,7,10,17H2,1-6H3,(H,34,39)(H,35,36). The van der Waals surface area contributed by atoms with Crippen LogP contribution in [0.3, 0.4) is 0 Å². The van der Waals surface area contributed by atoms with Crippen LogP contribution in [0.5, 0.6) is 0 Å². The zero-order chi connectivity index (χ0) is 32.1. The molecule has 0 radical (unpaired) electrons. The first-order chi connectivity index (χ1) is 20.1. The molecular formula is C30H39F3N4O5S. The summed E-state index contributed by atoms with van der Waals surface area (Å²) in [4.78, 5) is 27.9. The van der Waals surface area contributed by atoms with Crippen molar-refractivity contribution >= 4 is 28.4 Å². The summed E-state index contributed by atoms with van der Waals surface area (Å²) in [7, 11) is -3.87. The number of anilines is 1. The molecule has 3 aromatic rings. The highest BCUT2D eigenvalue weighted by Crippen LogP contribution is 2.52. The van der Waals surface area contributed by atoms with E-state index in [9.17, 15) is 31.9 Å². The summed E-state index contributed by atoms with van der Waals surface area (Å²) in [6.45, 7) is 10.7. The quantitative estimate of drug-likeness (QED) is 0.164. The molecule has 4 N–H and O–H groups in total. The zero-order valence-corrected chi connectivity index (χ0v) is 25.8. The number of amides is 2. The third kappa shape index (κ3) is 8.30. The normalized spacial score (nSPS) is 13.2. The average Bonchev–Trinajstić information content (AvgIpc) is 3.28. The van der Waals surface area contributed by atoms with Gasteiger partial charge >= 0.3 is 6.18 Å². The predicted molar refractivity (Wildman–Crippen MR) is 160 cm³/mol. The van der Waals surface area contributed by atoms with Crippen LogP contribution in [0.1, 0.15) is 64.3 Å². The Bertz CT molecular complexity index is 1410. The molecule has 2 aromatic carbocycles. The highest BCUT2D eigenvalue weighted by molar-refractivity contribution is 8.25. The molecule has 236 valence electrons. The number of nitrogens with one attached hydrogen (secondary N) is 2. The summed E-state index contributed by atoms with van der Waals surface area (Å²) in [6.07, 6.45) is -3.86. The maximum atomic E-state index is 13.2. The molecule has 1 atom stereocenters. The van der Waals surface area contributed by atoms with Gasteiger partial charge in [0.1, 0.15) is 6.04 Å². The zero-order valence-electron chi connectivity index (χ0n) is 25.0. The number of halogens is 3. The van der Waals surface area contributed by atoms with Crippen molar-refractivity contribution in [3.05, 3.63) is 65.4 Å². The maximum absolute atomic E-state index is 13.2. The van der Waals surface area contributed by atoms with E-state index in [-0.39, 0.29) is 35.2 Å². The van der Waals surface area contributed by atoms with E-state index < -0.39 is 40.1 Å². The minimum atomic E-state index is -4.79. The van der Waals surface area contributed by atoms with Gasteiger partial charge < -0.3 is 14.7 Å². The van der Waals surface area contributed by atoms with Crippen molar-refractivity contribution in [2.75, 3.05) is 4.72 Å². The van der Waals surface area contributed by atoms with Crippen molar-refractivity contribution in [1.82, 2.24) is 15.4 Å². The Morgan fingerprint density at radius 3 is 2.21 bits per heavy atom. The number of nitrogens with zero attached hydrogens (tertiary/aromatic N) is 2. The monoisotopic (exact) mass is 624 g/mol. The summed E-state index contributed by atoms with van der Waals surface area (Å²) in [6, 6.07) is 12.7. The van der Waals surface area contributed by atoms with Gasteiger partial charge in [-0.2, -0.15) is 13.2 Å². The highest BCUT2D eigenvalue weighted by atomic mass is 32.3. The number of rotatable bonds is 12. The summed E-state index contributed by atoms with van der Waals surface area (Å²) in [5.74, 6) is -2.25. The fraction of sp³-hybridized carbons (Fsp3) is 0.433. The lowest BCUT2D eigenvalue weighted by Gasteiger charge is -2.35. The molecule has 0 bridgehead atoms. The number of benzene rings is 2. The van der Waals surface area contributed by atoms with Gasteiger partial charge in [0.2, 0.25) is 17.6 Å². The van der Waals surface area contributed by atoms with Gasteiger partial charge in [-0.1, -0.05) is 79.2 Å². The van der Waals surface area contributed by atoms with Crippen molar-refractivity contribution in [1.29, 1.82) is 0 Å². The minimum Gasteiger partial charge on any atom is -0.352 e. The Hall–Kier alpha value is -3.55. The minimum absolute atomic E-state index is 0.0451. The number of hydrogen-bond donors (Lipinski definition) is 4. The molecule has 3 rings (SSSR count). The van der Waals surface area contributed by atoms with Gasteiger partial charge in [0.25, 0.3) is 0 Å². The van der Waals surface area contributed by atoms with Crippen molar-refractivity contribution in [2.45, 2.75) is 84.1 Å². The van der Waals surface area contributed by atoms with Gasteiger partial charge in [-0.25, -0.2) is 0 Å². The number of aromatic nitrogens is 1. The number of carbonyl (C=O) groups excluding carboxylic acids is 2. The van der Waals surface area contributed by atoms with Gasteiger partial charge in [0, 0.05) is 30.1 Å². The van der Waals surface area contributed by atoms with E-state index in [4.69, 9.17) is 0 Å². The first-order valence-corrected chi connectivity index (χ1v) is 15.5. The number of carbonyl (C=O) groups is 2. The molecule has 0 saturated heterocycles. The second kappa shape index (κ2) is 13.8. The molecular weight excluding hydrogens is 585 g/mol. The maximum Gasteiger partial charge on any atom is 0.452 e. The van der Waals surface area contributed by atoms with E-state index in [1.54, 1.807) is 47.4 Å². The fourth-order valence-corrected chi connectivity index (χ4v) is 6.03. The largest absolute Gasteiger partial charge is 0.452 e. The Labute approximate surface area is 251 Å². The van der Waals surface area contributed by atoms with Crippen molar-refractivity contribution in [2.24, 2.45) is 5.92 Å². The molecule has 0 fully saturated rings. The van der Waals surface area contributed by atoms with Crippen LogP contribution in [0, 0.1) is 12.8 Å². The lowest BCUT2D eigenvalue weighted by Crippen LogP contribution is -2.53. The van der Waals surface area contributed by atoms with Crippen LogP contribution in [0.25, 0.3) is 11.1 Å². The van der Waals surface area contributed by atoms with Gasteiger partial charge in [0.05, 0.1) is 4.90 Å². The molecule has 2 amide bonds. The number of alkyl halides is 3. The molecule has 0 saturated carbocycles. The molecule has 9 nitrogen and oxygen atoms in total. The Morgan fingerprint density at radius 1 is 1.05 bits per heavy atom. The van der Waals surface area contributed by atoms with Crippen molar-refractivity contribution in [3.8, 4) is 11.1 Å². The molecule has 0 spiro atoms. The van der Waals surface area contributed by atoms with Crippen LogP contribution in [0.2, 0.25) is 0 Å². The van der Waals surface area contributed by atoms with Gasteiger partial charge in [-0.3, -0.25) is 23.4 Å². The van der Waals surface area contributed by atoms with Crippen molar-refractivity contribution < 1.29 is 36.4 Å². The molecule has 13 heteroatoms. The van der Waals surface area contributed by atoms with E-state index >= 15 is 0 Å². The lowest BCUT2D eigenvalue weighted by atomic mass is 9.98. The fourth-order valence-electron chi connectivity index (χ4n) is 4.70. The van der Waals surface area contributed by atoms with E-state index in [1.165, 1.54) is 6.07 Å². The van der Waals surface area contributed by atoms with E-state index in [0.717, 1.165) is 12.5 Å². The van der Waals surface area contributed by atoms with Crippen LogP contribution in [-0.4, -0.2) is 43.1 Å². The Balaban J connectivity index is 1.91. The summed E-state index contributed by atoms with van der Waals surface area (Å²) < 4.78 is 68.2. The van der Waals surface area contributed by atoms with Gasteiger partial charge in [0.15, 0.2) is 5.82 Å². The summed E-state index contributed by atoms with van der Waals surface area (Å²) in [5, 5.41) is 6.27. The highest BCUT2D eigenvalue weighted by Gasteiger charge is 2.40. The molecule has 0 aliphatic carbocycles. The van der Waals surface area contributed by atoms with Crippen molar-refractivity contribution in [3.63, 3.8) is 0 Å².